The number of hydrogen-bond donors (Lipinski definition) is 3. The molecule has 0 unspecified atom stereocenters. The van der Waals surface area contributed by atoms with Gasteiger partial charge in [0.15, 0.2) is 0 Å². The second kappa shape index (κ2) is 5.61. The summed E-state index contributed by atoms with van der Waals surface area (Å²) in [5, 5.41) is 12.1. The molecule has 0 aromatic heterocycles. The molecule has 4 nitrogen and oxygen atoms in total. The third-order valence-corrected chi connectivity index (χ3v) is 3.14. The van der Waals surface area contributed by atoms with E-state index in [1.54, 1.807) is 0 Å². The fourth-order valence-electron chi connectivity index (χ4n) is 1.97. The lowest BCUT2D eigenvalue weighted by molar-refractivity contribution is 0.0698. The number of anilines is 2. The minimum absolute atomic E-state index is 0.237. The highest BCUT2D eigenvalue weighted by atomic mass is 19.1. The lowest BCUT2D eigenvalue weighted by Crippen LogP contribution is -2.11. The number of halogens is 1. The van der Waals surface area contributed by atoms with Gasteiger partial charge in [0.25, 0.3) is 0 Å². The number of benzene rings is 2. The average Bonchev–Trinajstić information content (AvgIpc) is 2.41. The molecule has 0 bridgehead atoms. The Hall–Kier alpha value is -2.56. The summed E-state index contributed by atoms with van der Waals surface area (Å²) in [6.45, 7) is 2.41. The summed E-state index contributed by atoms with van der Waals surface area (Å²) in [5.74, 6) is -1.99. The van der Waals surface area contributed by atoms with Crippen LogP contribution in [0.5, 0.6) is 0 Å². The third-order valence-electron chi connectivity index (χ3n) is 3.14. The summed E-state index contributed by atoms with van der Waals surface area (Å²) < 4.78 is 13.3. The maximum atomic E-state index is 13.3. The molecule has 0 amide bonds. The fourth-order valence-corrected chi connectivity index (χ4v) is 1.97. The third kappa shape index (κ3) is 2.71. The first kappa shape index (κ1) is 13.9. The SMILES string of the molecule is Cc1ccccc1CNc1ccc(F)c(N)c1C(=O)O. The van der Waals surface area contributed by atoms with Crippen LogP contribution in [0.25, 0.3) is 0 Å². The number of carboxylic acids is 1. The van der Waals surface area contributed by atoms with Crippen LogP contribution in [0.1, 0.15) is 21.5 Å². The van der Waals surface area contributed by atoms with E-state index in [9.17, 15) is 9.18 Å². The smallest absolute Gasteiger partial charge is 0.340 e. The van der Waals surface area contributed by atoms with Gasteiger partial charge in [-0.1, -0.05) is 24.3 Å². The molecule has 0 aliphatic carbocycles. The van der Waals surface area contributed by atoms with E-state index in [2.05, 4.69) is 5.32 Å². The lowest BCUT2D eigenvalue weighted by Gasteiger charge is -2.13. The number of nitrogens with one attached hydrogen (secondary N) is 1. The predicted octanol–water partition coefficient (Wildman–Crippen LogP) is 3.03. The molecule has 5 heteroatoms. The molecule has 0 spiro atoms. The molecule has 0 fully saturated rings. The van der Waals surface area contributed by atoms with Crippen molar-refractivity contribution < 1.29 is 14.3 Å². The monoisotopic (exact) mass is 274 g/mol. The van der Waals surface area contributed by atoms with Crippen LogP contribution >= 0.6 is 0 Å². The number of hydrogen-bond acceptors (Lipinski definition) is 3. The van der Waals surface area contributed by atoms with E-state index in [0.717, 1.165) is 17.2 Å². The first-order chi connectivity index (χ1) is 9.50. The Labute approximate surface area is 116 Å². The van der Waals surface area contributed by atoms with Crippen molar-refractivity contribution in [2.75, 3.05) is 11.1 Å². The minimum Gasteiger partial charge on any atom is -0.478 e. The lowest BCUT2D eigenvalue weighted by atomic mass is 10.1. The number of aromatic carboxylic acids is 1. The average molecular weight is 274 g/mol. The van der Waals surface area contributed by atoms with Crippen molar-refractivity contribution in [3.05, 3.63) is 58.9 Å². The first-order valence-electron chi connectivity index (χ1n) is 6.10. The van der Waals surface area contributed by atoms with Crippen molar-refractivity contribution in [1.29, 1.82) is 0 Å². The predicted molar refractivity (Wildman–Crippen MR) is 76.3 cm³/mol. The zero-order valence-electron chi connectivity index (χ0n) is 11.0. The molecule has 0 atom stereocenters. The Bertz CT molecular complexity index is 656. The maximum Gasteiger partial charge on any atom is 0.340 e. The molecule has 0 heterocycles. The zero-order chi connectivity index (χ0) is 14.7. The molecule has 0 aliphatic heterocycles. The molecule has 2 rings (SSSR count). The van der Waals surface area contributed by atoms with Crippen molar-refractivity contribution in [3.8, 4) is 0 Å². The summed E-state index contributed by atoms with van der Waals surface area (Å²) in [5.41, 5.74) is 7.32. The highest BCUT2D eigenvalue weighted by molar-refractivity contribution is 6.00. The Morgan fingerprint density at radius 2 is 2.00 bits per heavy atom. The summed E-state index contributed by atoms with van der Waals surface area (Å²) in [6.07, 6.45) is 0. The molecular formula is C15H15FN2O2. The Morgan fingerprint density at radius 3 is 2.65 bits per heavy atom. The van der Waals surface area contributed by atoms with E-state index in [0.29, 0.717) is 12.2 Å². The topological polar surface area (TPSA) is 75.3 Å². The van der Waals surface area contributed by atoms with Crippen LogP contribution in [0.4, 0.5) is 15.8 Å². The van der Waals surface area contributed by atoms with Gasteiger partial charge in [-0.25, -0.2) is 9.18 Å². The Morgan fingerprint density at radius 1 is 1.30 bits per heavy atom. The van der Waals surface area contributed by atoms with Crippen molar-refractivity contribution in [2.45, 2.75) is 13.5 Å². The van der Waals surface area contributed by atoms with Crippen molar-refractivity contribution >= 4 is 17.3 Å². The Balaban J connectivity index is 2.29. The minimum atomic E-state index is -1.26. The Kier molecular flexibility index (Phi) is 3.89. The van der Waals surface area contributed by atoms with Crippen LogP contribution in [0, 0.1) is 12.7 Å². The second-order valence-electron chi connectivity index (χ2n) is 4.47. The van der Waals surface area contributed by atoms with E-state index in [-0.39, 0.29) is 11.3 Å². The van der Waals surface area contributed by atoms with Crippen LogP contribution in [0.15, 0.2) is 36.4 Å². The molecule has 0 saturated carbocycles. The highest BCUT2D eigenvalue weighted by Gasteiger charge is 2.17. The van der Waals surface area contributed by atoms with Crippen molar-refractivity contribution in [2.24, 2.45) is 0 Å². The van der Waals surface area contributed by atoms with E-state index < -0.39 is 11.8 Å². The van der Waals surface area contributed by atoms with Crippen LogP contribution in [-0.2, 0) is 6.54 Å². The van der Waals surface area contributed by atoms with Crippen LogP contribution in [0.2, 0.25) is 0 Å². The molecule has 0 aliphatic rings. The highest BCUT2D eigenvalue weighted by Crippen LogP contribution is 2.25. The van der Waals surface area contributed by atoms with Crippen molar-refractivity contribution in [3.63, 3.8) is 0 Å². The number of carboxylic acid groups (broad SMARTS) is 1. The summed E-state index contributed by atoms with van der Waals surface area (Å²) in [4.78, 5) is 11.2. The molecular weight excluding hydrogens is 259 g/mol. The van der Waals surface area contributed by atoms with Gasteiger partial charge < -0.3 is 16.2 Å². The van der Waals surface area contributed by atoms with Gasteiger partial charge in [0.05, 0.1) is 11.4 Å². The van der Waals surface area contributed by atoms with E-state index >= 15 is 0 Å². The number of nitrogen functional groups attached to an aromatic ring is 1. The van der Waals surface area contributed by atoms with Crippen molar-refractivity contribution in [1.82, 2.24) is 0 Å². The molecule has 4 N–H and O–H groups in total. The van der Waals surface area contributed by atoms with Gasteiger partial charge in [0.2, 0.25) is 0 Å². The largest absolute Gasteiger partial charge is 0.478 e. The number of aryl methyl sites for hydroxylation is 1. The van der Waals surface area contributed by atoms with Gasteiger partial charge >= 0.3 is 5.97 Å². The molecule has 20 heavy (non-hydrogen) atoms. The summed E-state index contributed by atoms with van der Waals surface area (Å²) in [6, 6.07) is 10.3. The molecule has 0 saturated heterocycles. The summed E-state index contributed by atoms with van der Waals surface area (Å²) in [7, 11) is 0. The fraction of sp³-hybridized carbons (Fsp3) is 0.133. The normalized spacial score (nSPS) is 10.3. The first-order valence-corrected chi connectivity index (χ1v) is 6.10. The quantitative estimate of drug-likeness (QED) is 0.749. The molecule has 2 aromatic carbocycles. The van der Waals surface area contributed by atoms with Crippen LogP contribution < -0.4 is 11.1 Å². The van der Waals surface area contributed by atoms with Gasteiger partial charge in [0, 0.05) is 6.54 Å². The van der Waals surface area contributed by atoms with Gasteiger partial charge in [-0.3, -0.25) is 0 Å². The standard InChI is InChI=1S/C15H15FN2O2/c1-9-4-2-3-5-10(9)8-18-12-7-6-11(16)14(17)13(12)15(19)20/h2-7,18H,8,17H2,1H3,(H,19,20). The van der Waals surface area contributed by atoms with E-state index in [1.165, 1.54) is 6.07 Å². The van der Waals surface area contributed by atoms with Gasteiger partial charge in [-0.2, -0.15) is 0 Å². The number of carbonyl (C=O) groups is 1. The second-order valence-corrected chi connectivity index (χ2v) is 4.47. The molecule has 104 valence electrons. The maximum absolute atomic E-state index is 13.3. The van der Waals surface area contributed by atoms with Crippen LogP contribution in [0.3, 0.4) is 0 Å². The number of rotatable bonds is 4. The zero-order valence-corrected chi connectivity index (χ0v) is 11.0. The molecule has 2 aromatic rings. The van der Waals surface area contributed by atoms with Crippen LogP contribution in [-0.4, -0.2) is 11.1 Å². The van der Waals surface area contributed by atoms with E-state index in [4.69, 9.17) is 10.8 Å². The van der Waals surface area contributed by atoms with Gasteiger partial charge in [0.1, 0.15) is 11.4 Å². The van der Waals surface area contributed by atoms with E-state index in [1.807, 2.05) is 31.2 Å². The number of nitrogens with two attached hydrogens (primary N) is 1. The molecule has 0 radical (unpaired) electrons. The van der Waals surface area contributed by atoms with Gasteiger partial charge in [-0.05, 0) is 30.2 Å². The van der Waals surface area contributed by atoms with Gasteiger partial charge in [-0.15, -0.1) is 0 Å². The summed E-state index contributed by atoms with van der Waals surface area (Å²) >= 11 is 0.